The second-order valence-corrected chi connectivity index (χ2v) is 6.99. The second-order valence-electron chi connectivity index (χ2n) is 6.99. The molecular weight excluding hydrogens is 402 g/mol. The molecule has 164 valence electrons. The van der Waals surface area contributed by atoms with Crippen LogP contribution in [0.1, 0.15) is 29.3 Å². The van der Waals surface area contributed by atoms with Gasteiger partial charge in [-0.25, -0.2) is 9.59 Å². The minimum atomic E-state index is -0.493. The van der Waals surface area contributed by atoms with Crippen molar-refractivity contribution in [3.8, 4) is 5.75 Å². The molecule has 8 heteroatoms. The van der Waals surface area contributed by atoms with Gasteiger partial charge < -0.3 is 18.9 Å². The monoisotopic (exact) mass is 427 g/mol. The maximum absolute atomic E-state index is 12.6. The van der Waals surface area contributed by atoms with E-state index in [-0.39, 0.29) is 25.8 Å². The van der Waals surface area contributed by atoms with Gasteiger partial charge in [0, 0.05) is 6.42 Å². The summed E-state index contributed by atoms with van der Waals surface area (Å²) in [4.78, 5) is 36.6. The first-order chi connectivity index (χ1) is 15.1. The molecule has 0 radical (unpaired) electrons. The molecule has 3 rings (SSSR count). The number of esters is 1. The Bertz CT molecular complexity index is 869. The van der Waals surface area contributed by atoms with Crippen molar-refractivity contribution < 1.29 is 33.3 Å². The summed E-state index contributed by atoms with van der Waals surface area (Å²) >= 11 is 0. The van der Waals surface area contributed by atoms with Gasteiger partial charge in [0.15, 0.2) is 0 Å². The first-order valence-electron chi connectivity index (χ1n) is 10.1. The molecule has 2 aromatic carbocycles. The Morgan fingerprint density at radius 3 is 2.48 bits per heavy atom. The zero-order valence-corrected chi connectivity index (χ0v) is 17.3. The standard InChI is InChI=1S/C23H25NO7/c1-2-28-22(26)18-8-10-20(11-9-18)29-15-19-12-21(31-16-25)13-24(19)23(27)30-14-17-6-4-3-5-7-17/h3-11,16,19,21H,2,12-15H2,1H3/t19-,21-/m0/s1. The van der Waals surface area contributed by atoms with Gasteiger partial charge in [-0.15, -0.1) is 0 Å². The summed E-state index contributed by atoms with van der Waals surface area (Å²) in [6.07, 6.45) is -0.464. The average molecular weight is 427 g/mol. The third-order valence-corrected chi connectivity index (χ3v) is 4.87. The lowest BCUT2D eigenvalue weighted by atomic mass is 10.2. The Balaban J connectivity index is 1.58. The lowest BCUT2D eigenvalue weighted by Crippen LogP contribution is -2.39. The molecule has 1 aliphatic heterocycles. The van der Waals surface area contributed by atoms with Gasteiger partial charge in [-0.05, 0) is 36.8 Å². The normalized spacial score (nSPS) is 17.6. The van der Waals surface area contributed by atoms with E-state index < -0.39 is 18.2 Å². The maximum Gasteiger partial charge on any atom is 0.410 e. The number of benzene rings is 2. The van der Waals surface area contributed by atoms with Crippen molar-refractivity contribution in [1.82, 2.24) is 4.90 Å². The Morgan fingerprint density at radius 1 is 1.06 bits per heavy atom. The van der Waals surface area contributed by atoms with Crippen molar-refractivity contribution in [2.45, 2.75) is 32.1 Å². The Kier molecular flexibility index (Phi) is 7.86. The van der Waals surface area contributed by atoms with Gasteiger partial charge in [0.25, 0.3) is 6.47 Å². The van der Waals surface area contributed by atoms with E-state index in [0.29, 0.717) is 30.8 Å². The highest BCUT2D eigenvalue weighted by Crippen LogP contribution is 2.23. The smallest absolute Gasteiger partial charge is 0.410 e. The molecule has 1 aliphatic rings. The van der Waals surface area contributed by atoms with Crippen LogP contribution in [-0.4, -0.2) is 55.3 Å². The lowest BCUT2D eigenvalue weighted by Gasteiger charge is -2.23. The Labute approximate surface area is 180 Å². The summed E-state index contributed by atoms with van der Waals surface area (Å²) < 4.78 is 21.2. The number of amides is 1. The SMILES string of the molecule is CCOC(=O)c1ccc(OC[C@@H]2C[C@H](OC=O)CN2C(=O)OCc2ccccc2)cc1. The molecule has 2 aromatic rings. The molecule has 0 saturated carbocycles. The Morgan fingerprint density at radius 2 is 1.81 bits per heavy atom. The number of likely N-dealkylation sites (tertiary alicyclic amines) is 1. The first kappa shape index (κ1) is 22.1. The van der Waals surface area contributed by atoms with Crippen LogP contribution in [0.5, 0.6) is 5.75 Å². The minimum absolute atomic E-state index is 0.151. The molecule has 1 saturated heterocycles. The molecule has 31 heavy (non-hydrogen) atoms. The maximum atomic E-state index is 12.6. The van der Waals surface area contributed by atoms with Crippen molar-refractivity contribution in [2.75, 3.05) is 19.8 Å². The lowest BCUT2D eigenvalue weighted by molar-refractivity contribution is -0.132. The van der Waals surface area contributed by atoms with E-state index in [1.165, 1.54) is 4.90 Å². The first-order valence-corrected chi connectivity index (χ1v) is 10.1. The minimum Gasteiger partial charge on any atom is -0.491 e. The molecule has 1 heterocycles. The van der Waals surface area contributed by atoms with Crippen LogP contribution >= 0.6 is 0 Å². The van der Waals surface area contributed by atoms with Crippen molar-refractivity contribution in [3.63, 3.8) is 0 Å². The van der Waals surface area contributed by atoms with Crippen molar-refractivity contribution in [1.29, 1.82) is 0 Å². The zero-order valence-electron chi connectivity index (χ0n) is 17.3. The third kappa shape index (κ3) is 6.21. The summed E-state index contributed by atoms with van der Waals surface area (Å²) in [5.41, 5.74) is 1.31. The van der Waals surface area contributed by atoms with Crippen LogP contribution < -0.4 is 4.74 Å². The Hall–Kier alpha value is -3.55. The predicted molar refractivity (Wildman–Crippen MR) is 111 cm³/mol. The molecule has 0 N–H and O–H groups in total. The molecule has 2 atom stereocenters. The van der Waals surface area contributed by atoms with Gasteiger partial charge in [-0.3, -0.25) is 9.69 Å². The number of carbonyl (C=O) groups excluding carboxylic acids is 3. The zero-order chi connectivity index (χ0) is 22.1. The molecule has 0 bridgehead atoms. The van der Waals surface area contributed by atoms with Crippen LogP contribution in [0.4, 0.5) is 4.79 Å². The highest BCUT2D eigenvalue weighted by atomic mass is 16.6. The van der Waals surface area contributed by atoms with E-state index in [1.54, 1.807) is 31.2 Å². The summed E-state index contributed by atoms with van der Waals surface area (Å²) in [7, 11) is 0. The van der Waals surface area contributed by atoms with Gasteiger partial charge in [-0.2, -0.15) is 0 Å². The fraction of sp³-hybridized carbons (Fsp3) is 0.348. The second kappa shape index (κ2) is 11.0. The van der Waals surface area contributed by atoms with E-state index in [1.807, 2.05) is 30.3 Å². The van der Waals surface area contributed by atoms with E-state index in [0.717, 1.165) is 5.56 Å². The highest BCUT2D eigenvalue weighted by Gasteiger charge is 2.37. The number of hydrogen-bond acceptors (Lipinski definition) is 7. The van der Waals surface area contributed by atoms with Crippen LogP contribution in [0.15, 0.2) is 54.6 Å². The van der Waals surface area contributed by atoms with Crippen LogP contribution in [-0.2, 0) is 25.6 Å². The highest BCUT2D eigenvalue weighted by molar-refractivity contribution is 5.89. The number of carbonyl (C=O) groups is 3. The van der Waals surface area contributed by atoms with Gasteiger partial charge in [0.05, 0.1) is 24.8 Å². The van der Waals surface area contributed by atoms with E-state index >= 15 is 0 Å². The van der Waals surface area contributed by atoms with Crippen LogP contribution in [0, 0.1) is 0 Å². The van der Waals surface area contributed by atoms with Crippen LogP contribution in [0.25, 0.3) is 0 Å². The summed E-state index contributed by atoms with van der Waals surface area (Å²) in [6, 6.07) is 15.6. The summed E-state index contributed by atoms with van der Waals surface area (Å²) in [5, 5.41) is 0. The van der Waals surface area contributed by atoms with Crippen molar-refractivity contribution in [2.24, 2.45) is 0 Å². The molecule has 0 unspecified atom stereocenters. The topological polar surface area (TPSA) is 91.4 Å². The number of rotatable bonds is 9. The van der Waals surface area contributed by atoms with Gasteiger partial charge >= 0.3 is 12.1 Å². The third-order valence-electron chi connectivity index (χ3n) is 4.87. The molecule has 1 amide bonds. The quantitative estimate of drug-likeness (QED) is 0.345. The predicted octanol–water partition coefficient (Wildman–Crippen LogP) is 3.19. The molecule has 0 spiro atoms. The number of ether oxygens (including phenoxy) is 4. The largest absolute Gasteiger partial charge is 0.491 e. The number of nitrogens with zero attached hydrogens (tertiary/aromatic N) is 1. The van der Waals surface area contributed by atoms with E-state index in [4.69, 9.17) is 18.9 Å². The molecular formula is C23H25NO7. The number of hydrogen-bond donors (Lipinski definition) is 0. The molecule has 1 fully saturated rings. The van der Waals surface area contributed by atoms with Crippen LogP contribution in [0.3, 0.4) is 0 Å². The fourth-order valence-electron chi connectivity index (χ4n) is 3.33. The molecule has 0 aromatic heterocycles. The average Bonchev–Trinajstić information content (AvgIpc) is 3.20. The van der Waals surface area contributed by atoms with E-state index in [2.05, 4.69) is 0 Å². The van der Waals surface area contributed by atoms with Gasteiger partial charge in [-0.1, -0.05) is 30.3 Å². The molecule has 0 aliphatic carbocycles. The molecule has 8 nitrogen and oxygen atoms in total. The summed E-state index contributed by atoms with van der Waals surface area (Å²) in [5.74, 6) is 0.149. The van der Waals surface area contributed by atoms with Gasteiger partial charge in [0.1, 0.15) is 25.1 Å². The van der Waals surface area contributed by atoms with E-state index in [9.17, 15) is 14.4 Å². The fourth-order valence-corrected chi connectivity index (χ4v) is 3.33. The van der Waals surface area contributed by atoms with Gasteiger partial charge in [0.2, 0.25) is 0 Å². The van der Waals surface area contributed by atoms with Crippen molar-refractivity contribution >= 4 is 18.5 Å². The summed E-state index contributed by atoms with van der Waals surface area (Å²) in [6.45, 7) is 3.02. The van der Waals surface area contributed by atoms with Crippen LogP contribution in [0.2, 0.25) is 0 Å². The van der Waals surface area contributed by atoms with Crippen molar-refractivity contribution in [3.05, 3.63) is 65.7 Å².